The molecule has 0 aromatic carbocycles. The van der Waals surface area contributed by atoms with Gasteiger partial charge in [0.1, 0.15) is 11.6 Å². The van der Waals surface area contributed by atoms with Crippen LogP contribution in [0, 0.1) is 0 Å². The molecule has 1 aliphatic carbocycles. The number of anilines is 1. The Morgan fingerprint density at radius 1 is 1.33 bits per heavy atom. The number of primary amides is 1. The van der Waals surface area contributed by atoms with Crippen LogP contribution in [-0.2, 0) is 12.8 Å². The lowest BCUT2D eigenvalue weighted by atomic mass is 10.0. The van der Waals surface area contributed by atoms with E-state index < -0.39 is 5.91 Å². The minimum Gasteiger partial charge on any atom is -0.366 e. The molecule has 1 unspecified atom stereocenters. The van der Waals surface area contributed by atoms with Crippen molar-refractivity contribution in [1.29, 1.82) is 0 Å². The summed E-state index contributed by atoms with van der Waals surface area (Å²) in [5, 5.41) is 0.453. The molecule has 126 valence electrons. The molecule has 2 aromatic heterocycles. The molecule has 2 aliphatic rings. The van der Waals surface area contributed by atoms with Crippen LogP contribution in [0.2, 0.25) is 5.02 Å². The van der Waals surface area contributed by atoms with Gasteiger partial charge in [0.2, 0.25) is 5.91 Å². The van der Waals surface area contributed by atoms with Gasteiger partial charge in [0.05, 0.1) is 22.3 Å². The van der Waals surface area contributed by atoms with Gasteiger partial charge in [-0.2, -0.15) is 0 Å². The van der Waals surface area contributed by atoms with E-state index in [9.17, 15) is 4.79 Å². The van der Waals surface area contributed by atoms with Crippen LogP contribution in [0.3, 0.4) is 0 Å². The number of H-pyrrole nitrogens is 1. The third-order valence-corrected chi connectivity index (χ3v) is 5.20. The van der Waals surface area contributed by atoms with Gasteiger partial charge in [-0.3, -0.25) is 4.79 Å². The van der Waals surface area contributed by atoms with Gasteiger partial charge in [-0.05, 0) is 44.6 Å². The first-order valence-corrected chi connectivity index (χ1v) is 8.81. The second kappa shape index (κ2) is 6.09. The number of hydrogen-bond acceptors (Lipinski definition) is 4. The van der Waals surface area contributed by atoms with Crippen molar-refractivity contribution < 1.29 is 4.79 Å². The van der Waals surface area contributed by atoms with Crippen LogP contribution in [0.25, 0.3) is 0 Å². The van der Waals surface area contributed by atoms with Crippen LogP contribution in [0.4, 0.5) is 5.82 Å². The summed E-state index contributed by atoms with van der Waals surface area (Å²) in [4.78, 5) is 26.2. The zero-order valence-electron chi connectivity index (χ0n) is 13.4. The molecule has 1 saturated heterocycles. The fraction of sp³-hybridized carbons (Fsp3) is 0.471. The number of aromatic nitrogens is 3. The molecule has 24 heavy (non-hydrogen) atoms. The highest BCUT2D eigenvalue weighted by molar-refractivity contribution is 6.33. The first kappa shape index (κ1) is 15.4. The van der Waals surface area contributed by atoms with Crippen molar-refractivity contribution in [3.63, 3.8) is 0 Å². The molecule has 1 fully saturated rings. The smallest absolute Gasteiger partial charge is 0.250 e. The summed E-state index contributed by atoms with van der Waals surface area (Å²) < 4.78 is 0. The molecule has 1 atom stereocenters. The maximum atomic E-state index is 11.3. The van der Waals surface area contributed by atoms with Gasteiger partial charge in [-0.1, -0.05) is 11.6 Å². The van der Waals surface area contributed by atoms with Crippen LogP contribution in [0.5, 0.6) is 0 Å². The molecule has 0 saturated carbocycles. The minimum absolute atomic E-state index is 0.153. The van der Waals surface area contributed by atoms with Crippen LogP contribution in [0.1, 0.15) is 59.3 Å². The Labute approximate surface area is 145 Å². The van der Waals surface area contributed by atoms with Gasteiger partial charge in [0.25, 0.3) is 0 Å². The van der Waals surface area contributed by atoms with Gasteiger partial charge >= 0.3 is 0 Å². The van der Waals surface area contributed by atoms with Gasteiger partial charge in [-0.15, -0.1) is 0 Å². The molecule has 0 bridgehead atoms. The van der Waals surface area contributed by atoms with Gasteiger partial charge < -0.3 is 15.6 Å². The summed E-state index contributed by atoms with van der Waals surface area (Å²) in [6, 6.07) is 1.74. The van der Waals surface area contributed by atoms with Crippen LogP contribution in [0.15, 0.2) is 12.3 Å². The van der Waals surface area contributed by atoms with Crippen molar-refractivity contribution in [2.24, 2.45) is 5.73 Å². The highest BCUT2D eigenvalue weighted by Gasteiger charge is 2.32. The van der Waals surface area contributed by atoms with Crippen molar-refractivity contribution in [2.75, 3.05) is 11.4 Å². The maximum Gasteiger partial charge on any atom is 0.250 e. The summed E-state index contributed by atoms with van der Waals surface area (Å²) in [5.74, 6) is 1.18. The lowest BCUT2D eigenvalue weighted by Gasteiger charge is -2.25. The number of imidazole rings is 1. The summed E-state index contributed by atoms with van der Waals surface area (Å²) >= 11 is 6.36. The van der Waals surface area contributed by atoms with E-state index in [1.54, 1.807) is 6.07 Å². The average molecular weight is 346 g/mol. The van der Waals surface area contributed by atoms with Crippen molar-refractivity contribution in [2.45, 2.75) is 44.6 Å². The van der Waals surface area contributed by atoms with E-state index >= 15 is 0 Å². The number of carbonyl (C=O) groups is 1. The number of nitrogens with one attached hydrogen (secondary N) is 1. The van der Waals surface area contributed by atoms with E-state index in [2.05, 4.69) is 14.9 Å². The van der Waals surface area contributed by atoms with Gasteiger partial charge in [-0.25, -0.2) is 9.97 Å². The highest BCUT2D eigenvalue weighted by atomic mass is 35.5. The number of fused-ring (bicyclic) bond motifs is 1. The number of aromatic amines is 1. The molecule has 1 amide bonds. The molecule has 0 radical (unpaired) electrons. The second-order valence-corrected chi connectivity index (χ2v) is 6.91. The van der Waals surface area contributed by atoms with E-state index in [0.29, 0.717) is 16.4 Å². The number of amides is 1. The molecule has 3 N–H and O–H groups in total. The summed E-state index contributed by atoms with van der Waals surface area (Å²) in [6.45, 7) is 0.874. The zero-order chi connectivity index (χ0) is 16.7. The molecule has 6 nitrogen and oxygen atoms in total. The number of carbonyl (C=O) groups excluding carboxylic acids is 1. The molecule has 2 aromatic rings. The Morgan fingerprint density at radius 3 is 2.92 bits per heavy atom. The molecular weight excluding hydrogens is 326 g/mol. The summed E-state index contributed by atoms with van der Waals surface area (Å²) in [6.07, 6.45) is 8.16. The SMILES string of the molecule is NC(=O)c1cnc(N2CCCC2c2nc3c([nH]2)CCCC3)c(Cl)c1. The third kappa shape index (κ3) is 2.65. The third-order valence-electron chi connectivity index (χ3n) is 4.92. The van der Waals surface area contributed by atoms with E-state index in [4.69, 9.17) is 22.3 Å². The number of nitrogens with zero attached hydrogens (tertiary/aromatic N) is 3. The second-order valence-electron chi connectivity index (χ2n) is 6.50. The van der Waals surface area contributed by atoms with E-state index in [1.807, 2.05) is 0 Å². The molecular formula is C17H20ClN5O. The number of rotatable bonds is 3. The lowest BCUT2D eigenvalue weighted by Crippen LogP contribution is -2.25. The highest BCUT2D eigenvalue weighted by Crippen LogP contribution is 2.38. The van der Waals surface area contributed by atoms with Gasteiger partial charge in [0, 0.05) is 18.4 Å². The predicted octanol–water partition coefficient (Wildman–Crippen LogP) is 2.78. The van der Waals surface area contributed by atoms with E-state index in [1.165, 1.54) is 30.4 Å². The van der Waals surface area contributed by atoms with Crippen molar-refractivity contribution in [1.82, 2.24) is 15.0 Å². The molecule has 3 heterocycles. The van der Waals surface area contributed by atoms with Gasteiger partial charge in [0.15, 0.2) is 0 Å². The number of nitrogens with two attached hydrogens (primary N) is 1. The molecule has 7 heteroatoms. The zero-order valence-corrected chi connectivity index (χ0v) is 14.1. The Bertz CT molecular complexity index is 764. The normalized spacial score (nSPS) is 20.2. The van der Waals surface area contributed by atoms with Crippen LogP contribution >= 0.6 is 11.6 Å². The Kier molecular flexibility index (Phi) is 3.92. The van der Waals surface area contributed by atoms with E-state index in [-0.39, 0.29) is 6.04 Å². The van der Waals surface area contributed by atoms with Crippen molar-refractivity contribution in [3.8, 4) is 0 Å². The Balaban J connectivity index is 1.65. The Morgan fingerprint density at radius 2 is 2.17 bits per heavy atom. The predicted molar refractivity (Wildman–Crippen MR) is 92.3 cm³/mol. The molecule has 0 spiro atoms. The van der Waals surface area contributed by atoms with E-state index in [0.717, 1.165) is 38.1 Å². The number of aryl methyl sites for hydroxylation is 2. The van der Waals surface area contributed by atoms with Crippen LogP contribution < -0.4 is 10.6 Å². The van der Waals surface area contributed by atoms with Crippen LogP contribution in [-0.4, -0.2) is 27.4 Å². The fourth-order valence-electron chi connectivity index (χ4n) is 3.71. The molecule has 4 rings (SSSR count). The lowest BCUT2D eigenvalue weighted by molar-refractivity contribution is 0.1000. The first-order chi connectivity index (χ1) is 11.6. The minimum atomic E-state index is -0.521. The summed E-state index contributed by atoms with van der Waals surface area (Å²) in [7, 11) is 0. The van der Waals surface area contributed by atoms with Crippen molar-refractivity contribution >= 4 is 23.3 Å². The quantitative estimate of drug-likeness (QED) is 0.895. The number of hydrogen-bond donors (Lipinski definition) is 2. The number of halogens is 1. The molecule has 1 aliphatic heterocycles. The largest absolute Gasteiger partial charge is 0.366 e. The Hall–Kier alpha value is -2.08. The first-order valence-electron chi connectivity index (χ1n) is 8.43. The van der Waals surface area contributed by atoms with Crippen molar-refractivity contribution in [3.05, 3.63) is 40.1 Å². The number of pyridine rings is 1. The monoisotopic (exact) mass is 345 g/mol. The summed E-state index contributed by atoms with van der Waals surface area (Å²) in [5.41, 5.74) is 8.12. The topological polar surface area (TPSA) is 87.9 Å². The fourth-order valence-corrected chi connectivity index (χ4v) is 3.99. The maximum absolute atomic E-state index is 11.3. The average Bonchev–Trinajstić information content (AvgIpc) is 3.20. The standard InChI is InChI=1S/C17H20ClN5O/c18-11-8-10(15(19)24)9-20-17(11)23-7-3-6-14(23)16-21-12-4-1-2-5-13(12)22-16/h8-9,14H,1-7H2,(H2,19,24)(H,21,22).